The second-order valence-electron chi connectivity index (χ2n) is 5.38. The molecule has 1 fully saturated rings. The molecular weight excluding hydrogens is 310 g/mol. The van der Waals surface area contributed by atoms with Gasteiger partial charge in [-0.15, -0.1) is 0 Å². The molecule has 1 saturated heterocycles. The first kappa shape index (κ1) is 16.2. The van der Waals surface area contributed by atoms with Gasteiger partial charge in [0.2, 0.25) is 10.0 Å². The van der Waals surface area contributed by atoms with Crippen LogP contribution in [0.1, 0.15) is 18.4 Å². The van der Waals surface area contributed by atoms with E-state index in [1.807, 2.05) is 13.1 Å². The number of likely N-dealkylation sites (tertiary alicyclic amines) is 1. The minimum Gasteiger partial charge on any atom is -0.306 e. The Morgan fingerprint density at radius 2 is 2.29 bits per heavy atom. The molecule has 1 aliphatic heterocycles. The third kappa shape index (κ3) is 4.17. The van der Waals surface area contributed by atoms with Crippen LogP contribution in [-0.4, -0.2) is 40.0 Å². The van der Waals surface area contributed by atoms with Gasteiger partial charge in [-0.2, -0.15) is 5.26 Å². The Morgan fingerprint density at radius 3 is 2.90 bits per heavy atom. The van der Waals surface area contributed by atoms with E-state index in [1.165, 1.54) is 18.2 Å². The number of nitrogens with one attached hydrogen (secondary N) is 1. The van der Waals surface area contributed by atoms with E-state index in [2.05, 4.69) is 9.62 Å². The van der Waals surface area contributed by atoms with E-state index in [9.17, 15) is 8.42 Å². The van der Waals surface area contributed by atoms with Crippen molar-refractivity contribution in [1.29, 1.82) is 5.26 Å². The van der Waals surface area contributed by atoms with Crippen LogP contribution in [0.5, 0.6) is 0 Å². The predicted octanol–water partition coefficient (Wildman–Crippen LogP) is 1.83. The molecule has 0 saturated carbocycles. The Morgan fingerprint density at radius 1 is 1.52 bits per heavy atom. The van der Waals surface area contributed by atoms with Crippen molar-refractivity contribution in [3.63, 3.8) is 0 Å². The lowest BCUT2D eigenvalue weighted by Crippen LogP contribution is -2.39. The molecule has 21 heavy (non-hydrogen) atoms. The Bertz CT molecular complexity index is 655. The van der Waals surface area contributed by atoms with Crippen LogP contribution in [0.15, 0.2) is 23.1 Å². The molecule has 5 nitrogen and oxygen atoms in total. The molecule has 2 rings (SSSR count). The zero-order valence-electron chi connectivity index (χ0n) is 11.8. The lowest BCUT2D eigenvalue weighted by atomic mass is 9.99. The van der Waals surface area contributed by atoms with E-state index < -0.39 is 10.0 Å². The highest BCUT2D eigenvalue weighted by Crippen LogP contribution is 2.21. The SMILES string of the molecule is CN1CCCC(CNS(=O)(=O)c2ccc(C#N)c(Cl)c2)C1. The maximum Gasteiger partial charge on any atom is 0.240 e. The first-order chi connectivity index (χ1) is 9.92. The summed E-state index contributed by atoms with van der Waals surface area (Å²) in [5.41, 5.74) is 0.268. The summed E-state index contributed by atoms with van der Waals surface area (Å²) in [6, 6.07) is 6.05. The molecule has 0 bridgehead atoms. The fourth-order valence-corrected chi connectivity index (χ4v) is 3.93. The zero-order valence-corrected chi connectivity index (χ0v) is 13.4. The van der Waals surface area contributed by atoms with E-state index in [-0.39, 0.29) is 15.5 Å². The van der Waals surface area contributed by atoms with Crippen LogP contribution < -0.4 is 4.72 Å². The largest absolute Gasteiger partial charge is 0.306 e. The molecule has 0 aromatic heterocycles. The van der Waals surface area contributed by atoms with Gasteiger partial charge in [-0.3, -0.25) is 0 Å². The van der Waals surface area contributed by atoms with Gasteiger partial charge >= 0.3 is 0 Å². The highest BCUT2D eigenvalue weighted by atomic mass is 35.5. The minimum absolute atomic E-state index is 0.0932. The summed E-state index contributed by atoms with van der Waals surface area (Å²) in [6.45, 7) is 2.38. The summed E-state index contributed by atoms with van der Waals surface area (Å²) >= 11 is 5.88. The monoisotopic (exact) mass is 327 g/mol. The second kappa shape index (κ2) is 6.75. The third-order valence-electron chi connectivity index (χ3n) is 3.66. The standard InChI is InChI=1S/C14H18ClN3O2S/c1-18-6-2-3-11(10-18)9-17-21(19,20)13-5-4-12(8-16)14(15)7-13/h4-5,7,11,17H,2-3,6,9-10H2,1H3. The van der Waals surface area contributed by atoms with Gasteiger partial charge in [0.1, 0.15) is 6.07 Å². The van der Waals surface area contributed by atoms with Crippen molar-refractivity contribution in [3.8, 4) is 6.07 Å². The van der Waals surface area contributed by atoms with Gasteiger partial charge in [0, 0.05) is 13.1 Å². The number of hydrogen-bond acceptors (Lipinski definition) is 4. The normalized spacial score (nSPS) is 20.1. The van der Waals surface area contributed by atoms with Crippen LogP contribution in [0.4, 0.5) is 0 Å². The maximum atomic E-state index is 12.2. The van der Waals surface area contributed by atoms with Gasteiger partial charge in [0.25, 0.3) is 0 Å². The average Bonchev–Trinajstić information content (AvgIpc) is 2.45. The number of piperidine rings is 1. The van der Waals surface area contributed by atoms with Crippen LogP contribution in [0.25, 0.3) is 0 Å². The Balaban J connectivity index is 2.05. The summed E-state index contributed by atoms with van der Waals surface area (Å²) in [5.74, 6) is 0.326. The molecule has 1 N–H and O–H groups in total. The Hall–Kier alpha value is -1.13. The van der Waals surface area contributed by atoms with E-state index in [4.69, 9.17) is 16.9 Å². The van der Waals surface area contributed by atoms with Gasteiger partial charge in [-0.1, -0.05) is 11.6 Å². The highest BCUT2D eigenvalue weighted by Gasteiger charge is 2.21. The van der Waals surface area contributed by atoms with Gasteiger partial charge in [0.05, 0.1) is 15.5 Å². The van der Waals surface area contributed by atoms with E-state index >= 15 is 0 Å². The first-order valence-corrected chi connectivity index (χ1v) is 8.66. The Labute approximate surface area is 130 Å². The fourth-order valence-electron chi connectivity index (χ4n) is 2.50. The molecule has 1 aromatic carbocycles. The number of nitriles is 1. The van der Waals surface area contributed by atoms with Crippen molar-refractivity contribution in [2.24, 2.45) is 5.92 Å². The third-order valence-corrected chi connectivity index (χ3v) is 5.39. The van der Waals surface area contributed by atoms with Crippen molar-refractivity contribution in [2.45, 2.75) is 17.7 Å². The van der Waals surface area contributed by atoms with Gasteiger partial charge < -0.3 is 4.90 Å². The maximum absolute atomic E-state index is 12.2. The lowest BCUT2D eigenvalue weighted by molar-refractivity contribution is 0.211. The summed E-state index contributed by atoms with van der Waals surface area (Å²) in [4.78, 5) is 2.30. The summed E-state index contributed by atoms with van der Waals surface area (Å²) in [7, 11) is -1.54. The zero-order chi connectivity index (χ0) is 15.5. The number of nitrogens with zero attached hydrogens (tertiary/aromatic N) is 2. The minimum atomic E-state index is -3.59. The molecule has 1 heterocycles. The molecule has 0 amide bonds. The fraction of sp³-hybridized carbons (Fsp3) is 0.500. The summed E-state index contributed by atoms with van der Waals surface area (Å²) in [5, 5.41) is 8.96. The molecule has 114 valence electrons. The highest BCUT2D eigenvalue weighted by molar-refractivity contribution is 7.89. The van der Waals surface area contributed by atoms with Crippen LogP contribution in [0, 0.1) is 17.2 Å². The smallest absolute Gasteiger partial charge is 0.240 e. The number of hydrogen-bond donors (Lipinski definition) is 1. The van der Waals surface area contributed by atoms with E-state index in [1.54, 1.807) is 0 Å². The molecule has 1 aromatic rings. The van der Waals surface area contributed by atoms with Crippen LogP contribution >= 0.6 is 11.6 Å². The van der Waals surface area contributed by atoms with Crippen molar-refractivity contribution >= 4 is 21.6 Å². The van der Waals surface area contributed by atoms with Crippen molar-refractivity contribution < 1.29 is 8.42 Å². The molecular formula is C14H18ClN3O2S. The molecule has 0 spiro atoms. The second-order valence-corrected chi connectivity index (χ2v) is 7.55. The Kier molecular flexibility index (Phi) is 5.22. The molecule has 7 heteroatoms. The van der Waals surface area contributed by atoms with Crippen LogP contribution in [-0.2, 0) is 10.0 Å². The van der Waals surface area contributed by atoms with Gasteiger partial charge in [0.15, 0.2) is 0 Å². The summed E-state index contributed by atoms with van der Waals surface area (Å²) in [6.07, 6.45) is 2.12. The van der Waals surface area contributed by atoms with Crippen molar-refractivity contribution in [1.82, 2.24) is 9.62 Å². The van der Waals surface area contributed by atoms with Gasteiger partial charge in [-0.25, -0.2) is 13.1 Å². The van der Waals surface area contributed by atoms with E-state index in [0.29, 0.717) is 12.5 Å². The van der Waals surface area contributed by atoms with Crippen LogP contribution in [0.2, 0.25) is 5.02 Å². The van der Waals surface area contributed by atoms with Crippen molar-refractivity contribution in [3.05, 3.63) is 28.8 Å². The molecule has 0 radical (unpaired) electrons. The molecule has 1 atom stereocenters. The number of rotatable bonds is 4. The first-order valence-electron chi connectivity index (χ1n) is 6.80. The van der Waals surface area contributed by atoms with Crippen molar-refractivity contribution in [2.75, 3.05) is 26.7 Å². The van der Waals surface area contributed by atoms with Gasteiger partial charge in [-0.05, 0) is 50.6 Å². The summed E-state index contributed by atoms with van der Waals surface area (Å²) < 4.78 is 27.1. The average molecular weight is 328 g/mol. The number of benzene rings is 1. The predicted molar refractivity (Wildman–Crippen MR) is 81.6 cm³/mol. The molecule has 1 unspecified atom stereocenters. The number of sulfonamides is 1. The lowest BCUT2D eigenvalue weighted by Gasteiger charge is -2.29. The topological polar surface area (TPSA) is 73.2 Å². The molecule has 0 aliphatic carbocycles. The quantitative estimate of drug-likeness (QED) is 0.915. The van der Waals surface area contributed by atoms with E-state index in [0.717, 1.165) is 25.9 Å². The number of halogens is 1. The van der Waals surface area contributed by atoms with Crippen LogP contribution in [0.3, 0.4) is 0 Å². The molecule has 1 aliphatic rings.